The van der Waals surface area contributed by atoms with E-state index in [0.29, 0.717) is 12.1 Å². The van der Waals surface area contributed by atoms with Gasteiger partial charge < -0.3 is 5.32 Å². The standard InChI is InChI=1S/C29H30N2O/c30-21-29(18-8-3-9-19-29)22-31-28(32)26-16-14-23(15-17-26)20-27(24-10-4-1-5-11-24)25-12-6-2-7-13-25/h1-2,4-7,10-17,27H,3,8-9,18-20,22H2,(H,31,32). The van der Waals surface area contributed by atoms with E-state index in [4.69, 9.17) is 0 Å². The molecule has 0 heterocycles. The van der Waals surface area contributed by atoms with Crippen molar-refractivity contribution in [1.29, 1.82) is 5.26 Å². The lowest BCUT2D eigenvalue weighted by molar-refractivity contribution is 0.0932. The fraction of sp³-hybridized carbons (Fsp3) is 0.310. The van der Waals surface area contributed by atoms with E-state index in [1.54, 1.807) is 0 Å². The minimum absolute atomic E-state index is 0.0978. The molecule has 32 heavy (non-hydrogen) atoms. The highest BCUT2D eigenvalue weighted by atomic mass is 16.1. The molecular weight excluding hydrogens is 392 g/mol. The number of hydrogen-bond donors (Lipinski definition) is 1. The third-order valence-electron chi connectivity index (χ3n) is 6.69. The van der Waals surface area contributed by atoms with E-state index < -0.39 is 5.41 Å². The van der Waals surface area contributed by atoms with Crippen LogP contribution in [-0.4, -0.2) is 12.5 Å². The van der Waals surface area contributed by atoms with Gasteiger partial charge in [0.15, 0.2) is 0 Å². The first kappa shape index (κ1) is 21.8. The van der Waals surface area contributed by atoms with Crippen LogP contribution in [-0.2, 0) is 6.42 Å². The number of amides is 1. The molecule has 4 rings (SSSR count). The highest BCUT2D eigenvalue weighted by molar-refractivity contribution is 5.94. The van der Waals surface area contributed by atoms with Crippen molar-refractivity contribution in [3.8, 4) is 6.07 Å². The molecule has 0 radical (unpaired) electrons. The van der Waals surface area contributed by atoms with E-state index in [9.17, 15) is 10.1 Å². The van der Waals surface area contributed by atoms with Crippen LogP contribution in [0.15, 0.2) is 84.9 Å². The van der Waals surface area contributed by atoms with Gasteiger partial charge in [-0.15, -0.1) is 0 Å². The van der Waals surface area contributed by atoms with Gasteiger partial charge in [0.1, 0.15) is 0 Å². The Balaban J connectivity index is 1.44. The third kappa shape index (κ3) is 5.26. The second-order valence-electron chi connectivity index (χ2n) is 8.91. The molecule has 1 fully saturated rings. The van der Waals surface area contributed by atoms with E-state index in [1.807, 2.05) is 24.3 Å². The number of nitrogens with zero attached hydrogens (tertiary/aromatic N) is 1. The first-order valence-corrected chi connectivity index (χ1v) is 11.6. The minimum atomic E-state index is -0.396. The molecule has 0 aromatic heterocycles. The van der Waals surface area contributed by atoms with Crippen molar-refractivity contribution in [2.45, 2.75) is 44.4 Å². The lowest BCUT2D eigenvalue weighted by Gasteiger charge is -2.30. The largest absolute Gasteiger partial charge is 0.350 e. The quantitative estimate of drug-likeness (QED) is 0.488. The molecule has 1 aliphatic rings. The second-order valence-corrected chi connectivity index (χ2v) is 8.91. The minimum Gasteiger partial charge on any atom is -0.350 e. The van der Waals surface area contributed by atoms with Gasteiger partial charge in [-0.1, -0.05) is 92.1 Å². The number of hydrogen-bond acceptors (Lipinski definition) is 2. The van der Waals surface area contributed by atoms with E-state index in [2.05, 4.69) is 72.0 Å². The summed E-state index contributed by atoms with van der Waals surface area (Å²) in [5.74, 6) is 0.165. The number of carbonyl (C=O) groups excluding carboxylic acids is 1. The van der Waals surface area contributed by atoms with Crippen molar-refractivity contribution in [2.75, 3.05) is 6.54 Å². The molecule has 1 saturated carbocycles. The van der Waals surface area contributed by atoms with Crippen molar-refractivity contribution in [1.82, 2.24) is 5.32 Å². The summed E-state index contributed by atoms with van der Waals surface area (Å²) in [7, 11) is 0. The average Bonchev–Trinajstić information content (AvgIpc) is 2.88. The monoisotopic (exact) mass is 422 g/mol. The summed E-state index contributed by atoms with van der Waals surface area (Å²) in [6.45, 7) is 0.439. The van der Waals surface area contributed by atoms with Crippen LogP contribution in [0.4, 0.5) is 0 Å². The molecule has 1 aliphatic carbocycles. The van der Waals surface area contributed by atoms with Gasteiger partial charge in [-0.2, -0.15) is 5.26 Å². The molecule has 162 valence electrons. The van der Waals surface area contributed by atoms with Crippen LogP contribution < -0.4 is 5.32 Å². The Kier molecular flexibility index (Phi) is 7.02. The molecule has 0 aliphatic heterocycles. The van der Waals surface area contributed by atoms with Gasteiger partial charge >= 0.3 is 0 Å². The molecule has 3 heteroatoms. The molecule has 3 nitrogen and oxygen atoms in total. The molecule has 1 amide bonds. The second kappa shape index (κ2) is 10.3. The lowest BCUT2D eigenvalue weighted by Crippen LogP contribution is -2.38. The first-order chi connectivity index (χ1) is 15.7. The van der Waals surface area contributed by atoms with Gasteiger partial charge in [0.2, 0.25) is 0 Å². The Hall–Kier alpha value is -3.38. The number of carbonyl (C=O) groups is 1. The SMILES string of the molecule is N#CC1(CNC(=O)c2ccc(CC(c3ccccc3)c3ccccc3)cc2)CCCCC1. The third-order valence-corrected chi connectivity index (χ3v) is 6.69. The van der Waals surface area contributed by atoms with Crippen molar-refractivity contribution in [2.24, 2.45) is 5.41 Å². The summed E-state index contributed by atoms with van der Waals surface area (Å²) in [5.41, 5.74) is 4.02. The normalized spacial score (nSPS) is 15.1. The zero-order valence-corrected chi connectivity index (χ0v) is 18.5. The van der Waals surface area contributed by atoms with Gasteiger partial charge in [0, 0.05) is 18.0 Å². The maximum Gasteiger partial charge on any atom is 0.251 e. The summed E-state index contributed by atoms with van der Waals surface area (Å²) < 4.78 is 0. The smallest absolute Gasteiger partial charge is 0.251 e. The molecule has 0 spiro atoms. The van der Waals surface area contributed by atoms with Crippen LogP contribution in [0.2, 0.25) is 0 Å². The van der Waals surface area contributed by atoms with E-state index in [1.165, 1.54) is 23.1 Å². The molecular formula is C29H30N2O. The van der Waals surface area contributed by atoms with Gasteiger partial charge in [0.05, 0.1) is 11.5 Å². The van der Waals surface area contributed by atoms with Gasteiger partial charge in [-0.05, 0) is 48.1 Å². The Morgan fingerprint density at radius 1 is 0.844 bits per heavy atom. The molecule has 1 N–H and O–H groups in total. The highest BCUT2D eigenvalue weighted by Gasteiger charge is 2.32. The summed E-state index contributed by atoms with van der Waals surface area (Å²) in [6.07, 6.45) is 5.95. The number of nitrogens with one attached hydrogen (secondary N) is 1. The molecule has 0 bridgehead atoms. The van der Waals surface area contributed by atoms with Crippen molar-refractivity contribution in [3.05, 3.63) is 107 Å². The maximum atomic E-state index is 12.7. The fourth-order valence-electron chi connectivity index (χ4n) is 4.73. The van der Waals surface area contributed by atoms with Crippen LogP contribution >= 0.6 is 0 Å². The molecule has 0 atom stereocenters. The van der Waals surface area contributed by atoms with Crippen molar-refractivity contribution >= 4 is 5.91 Å². The first-order valence-electron chi connectivity index (χ1n) is 11.6. The van der Waals surface area contributed by atoms with Crippen LogP contribution in [0.5, 0.6) is 0 Å². The molecule has 3 aromatic carbocycles. The Bertz CT molecular complexity index is 1010. The van der Waals surface area contributed by atoms with Crippen molar-refractivity contribution in [3.63, 3.8) is 0 Å². The summed E-state index contributed by atoms with van der Waals surface area (Å²) in [6, 6.07) is 31.5. The topological polar surface area (TPSA) is 52.9 Å². The average molecular weight is 423 g/mol. The Morgan fingerprint density at radius 3 is 1.94 bits per heavy atom. The molecule has 3 aromatic rings. The van der Waals surface area contributed by atoms with Crippen molar-refractivity contribution < 1.29 is 4.79 Å². The van der Waals surface area contributed by atoms with Crippen LogP contribution in [0.1, 0.15) is 65.1 Å². The summed E-state index contributed by atoms with van der Waals surface area (Å²) in [4.78, 5) is 12.7. The molecule has 0 unspecified atom stereocenters. The number of rotatable bonds is 7. The summed E-state index contributed by atoms with van der Waals surface area (Å²) >= 11 is 0. The zero-order valence-electron chi connectivity index (χ0n) is 18.5. The predicted octanol–water partition coefficient (Wildman–Crippen LogP) is 6.27. The number of nitriles is 1. The maximum absolute atomic E-state index is 12.7. The van der Waals surface area contributed by atoms with E-state index in [0.717, 1.165) is 32.1 Å². The van der Waals surface area contributed by atoms with Crippen LogP contribution in [0, 0.1) is 16.7 Å². The zero-order chi connectivity index (χ0) is 22.2. The van der Waals surface area contributed by atoms with E-state index in [-0.39, 0.29) is 11.8 Å². The van der Waals surface area contributed by atoms with Gasteiger partial charge in [0.25, 0.3) is 5.91 Å². The lowest BCUT2D eigenvalue weighted by atomic mass is 9.75. The summed E-state index contributed by atoms with van der Waals surface area (Å²) in [5, 5.41) is 12.6. The Labute approximate surface area is 191 Å². The van der Waals surface area contributed by atoms with E-state index >= 15 is 0 Å². The highest BCUT2D eigenvalue weighted by Crippen LogP contribution is 2.35. The molecule has 0 saturated heterocycles. The van der Waals surface area contributed by atoms with Gasteiger partial charge in [-0.25, -0.2) is 0 Å². The number of benzene rings is 3. The fourth-order valence-corrected chi connectivity index (χ4v) is 4.73. The van der Waals surface area contributed by atoms with Gasteiger partial charge in [-0.3, -0.25) is 4.79 Å². The Morgan fingerprint density at radius 2 is 1.41 bits per heavy atom. The predicted molar refractivity (Wildman–Crippen MR) is 128 cm³/mol. The van der Waals surface area contributed by atoms with Crippen LogP contribution in [0.25, 0.3) is 0 Å². The van der Waals surface area contributed by atoms with Crippen LogP contribution in [0.3, 0.4) is 0 Å².